The molecule has 0 saturated heterocycles. The first-order chi connectivity index (χ1) is 9.06. The van der Waals surface area contributed by atoms with Gasteiger partial charge in [0.25, 0.3) is 5.91 Å². The lowest BCUT2D eigenvalue weighted by Gasteiger charge is -2.01. The van der Waals surface area contributed by atoms with Crippen molar-refractivity contribution in [3.8, 4) is 0 Å². The fourth-order valence-electron chi connectivity index (χ4n) is 1.47. The van der Waals surface area contributed by atoms with E-state index in [0.29, 0.717) is 5.56 Å². The number of thiophene rings is 1. The van der Waals surface area contributed by atoms with E-state index in [1.807, 2.05) is 38.1 Å². The topological polar surface area (TPSA) is 41.5 Å². The van der Waals surface area contributed by atoms with E-state index < -0.39 is 0 Å². The molecule has 1 heterocycles. The number of carbonyl (C=O) groups is 1. The number of nitrogens with one attached hydrogen (secondary N) is 1. The Hall–Kier alpha value is -1.46. The fourth-order valence-corrected chi connectivity index (χ4v) is 2.80. The molecule has 1 amide bonds. The molecule has 5 heteroatoms. The molecule has 0 unspecified atom stereocenters. The van der Waals surface area contributed by atoms with Gasteiger partial charge in [-0.2, -0.15) is 5.10 Å². The minimum absolute atomic E-state index is 0.199. The molecule has 1 aromatic carbocycles. The lowest BCUT2D eigenvalue weighted by molar-refractivity contribution is 0.0955. The Morgan fingerprint density at radius 2 is 1.89 bits per heavy atom. The Morgan fingerprint density at radius 1 is 1.21 bits per heavy atom. The van der Waals surface area contributed by atoms with Crippen LogP contribution in [0.3, 0.4) is 0 Å². The highest BCUT2D eigenvalue weighted by Crippen LogP contribution is 2.22. The van der Waals surface area contributed by atoms with Crippen molar-refractivity contribution in [2.45, 2.75) is 13.8 Å². The molecule has 2 rings (SSSR count). The quantitative estimate of drug-likeness (QED) is 0.668. The van der Waals surface area contributed by atoms with Gasteiger partial charge in [-0.1, -0.05) is 17.7 Å². The summed E-state index contributed by atoms with van der Waals surface area (Å²) in [6.45, 7) is 3.85. The average molecular weight is 337 g/mol. The zero-order valence-corrected chi connectivity index (χ0v) is 13.0. The molecule has 0 fully saturated rings. The van der Waals surface area contributed by atoms with E-state index in [9.17, 15) is 4.79 Å². The second-order valence-corrected chi connectivity index (χ2v) is 6.57. The average Bonchev–Trinajstić information content (AvgIpc) is 2.83. The number of hydrogen-bond acceptors (Lipinski definition) is 3. The molecule has 0 aliphatic rings. The van der Waals surface area contributed by atoms with Crippen molar-refractivity contribution in [2.75, 3.05) is 0 Å². The van der Waals surface area contributed by atoms with Crippen LogP contribution in [0.4, 0.5) is 0 Å². The van der Waals surface area contributed by atoms with Gasteiger partial charge < -0.3 is 0 Å². The minimum Gasteiger partial charge on any atom is -0.267 e. The first kappa shape index (κ1) is 14.0. The molecule has 1 aromatic heterocycles. The molecule has 1 N–H and O–H groups in total. The SMILES string of the molecule is CC(=NNC(=O)c1ccc(C)cc1)c1ccc(Br)s1. The number of carbonyl (C=O) groups excluding carboxylic acids is 1. The zero-order chi connectivity index (χ0) is 13.8. The van der Waals surface area contributed by atoms with E-state index in [0.717, 1.165) is 19.9 Å². The van der Waals surface area contributed by atoms with Crippen LogP contribution in [0.15, 0.2) is 45.3 Å². The van der Waals surface area contributed by atoms with Crippen molar-refractivity contribution in [3.63, 3.8) is 0 Å². The van der Waals surface area contributed by atoms with E-state index in [1.54, 1.807) is 23.5 Å². The summed E-state index contributed by atoms with van der Waals surface area (Å²) in [5.74, 6) is -0.199. The summed E-state index contributed by atoms with van der Waals surface area (Å²) in [5.41, 5.74) is 5.09. The Labute approximate surface area is 124 Å². The lowest BCUT2D eigenvalue weighted by Crippen LogP contribution is -2.19. The van der Waals surface area contributed by atoms with Crippen molar-refractivity contribution in [1.29, 1.82) is 0 Å². The molecule has 0 spiro atoms. The summed E-state index contributed by atoms with van der Waals surface area (Å²) in [6, 6.07) is 11.3. The number of hydrogen-bond donors (Lipinski definition) is 1. The van der Waals surface area contributed by atoms with Crippen LogP contribution >= 0.6 is 27.3 Å². The van der Waals surface area contributed by atoms with Crippen molar-refractivity contribution < 1.29 is 4.79 Å². The maximum Gasteiger partial charge on any atom is 0.271 e. The molecular weight excluding hydrogens is 324 g/mol. The normalized spacial score (nSPS) is 11.4. The van der Waals surface area contributed by atoms with Gasteiger partial charge in [-0.3, -0.25) is 4.79 Å². The third kappa shape index (κ3) is 3.75. The van der Waals surface area contributed by atoms with Gasteiger partial charge in [-0.05, 0) is 54.0 Å². The summed E-state index contributed by atoms with van der Waals surface area (Å²) in [6.07, 6.45) is 0. The molecule has 98 valence electrons. The number of halogens is 1. The second-order valence-electron chi connectivity index (χ2n) is 4.11. The van der Waals surface area contributed by atoms with E-state index >= 15 is 0 Å². The summed E-state index contributed by atoms with van der Waals surface area (Å²) in [7, 11) is 0. The Bertz CT molecular complexity index is 617. The van der Waals surface area contributed by atoms with Crippen molar-refractivity contribution in [1.82, 2.24) is 5.43 Å². The van der Waals surface area contributed by atoms with Crippen LogP contribution in [0.25, 0.3) is 0 Å². The zero-order valence-electron chi connectivity index (χ0n) is 10.6. The molecule has 0 bridgehead atoms. The number of hydrazone groups is 1. The van der Waals surface area contributed by atoms with Gasteiger partial charge >= 0.3 is 0 Å². The van der Waals surface area contributed by atoms with Gasteiger partial charge in [0.1, 0.15) is 0 Å². The predicted octanol–water partition coefficient (Wildman–Crippen LogP) is 3.97. The fraction of sp³-hybridized carbons (Fsp3) is 0.143. The molecule has 19 heavy (non-hydrogen) atoms. The molecular formula is C14H13BrN2OS. The Kier molecular flexibility index (Phi) is 4.50. The summed E-state index contributed by atoms with van der Waals surface area (Å²) >= 11 is 4.98. The van der Waals surface area contributed by atoms with Crippen molar-refractivity contribution in [3.05, 3.63) is 56.2 Å². The molecule has 0 aliphatic heterocycles. The van der Waals surface area contributed by atoms with Crippen LogP contribution in [-0.4, -0.2) is 11.6 Å². The Morgan fingerprint density at radius 3 is 2.47 bits per heavy atom. The third-order valence-corrected chi connectivity index (χ3v) is 4.30. The number of nitrogens with zero attached hydrogens (tertiary/aromatic N) is 1. The van der Waals surface area contributed by atoms with Crippen LogP contribution in [0.2, 0.25) is 0 Å². The summed E-state index contributed by atoms with van der Waals surface area (Å²) in [5, 5.41) is 4.11. The van der Waals surface area contributed by atoms with E-state index in [-0.39, 0.29) is 5.91 Å². The Balaban J connectivity index is 2.05. The van der Waals surface area contributed by atoms with Crippen molar-refractivity contribution in [2.24, 2.45) is 5.10 Å². The number of rotatable bonds is 3. The van der Waals surface area contributed by atoms with Gasteiger partial charge in [0, 0.05) is 5.56 Å². The monoisotopic (exact) mass is 336 g/mol. The summed E-state index contributed by atoms with van der Waals surface area (Å²) < 4.78 is 1.04. The van der Waals surface area contributed by atoms with Gasteiger partial charge in [0.05, 0.1) is 14.4 Å². The molecule has 0 radical (unpaired) electrons. The predicted molar refractivity (Wildman–Crippen MR) is 82.9 cm³/mol. The number of aryl methyl sites for hydroxylation is 1. The minimum atomic E-state index is -0.199. The smallest absolute Gasteiger partial charge is 0.267 e. The maximum absolute atomic E-state index is 11.9. The maximum atomic E-state index is 11.9. The van der Waals surface area contributed by atoms with Gasteiger partial charge in [-0.15, -0.1) is 11.3 Å². The van der Waals surface area contributed by atoms with Crippen LogP contribution in [0.1, 0.15) is 27.7 Å². The molecule has 0 saturated carbocycles. The summed E-state index contributed by atoms with van der Waals surface area (Å²) in [4.78, 5) is 12.9. The molecule has 2 aromatic rings. The molecule has 0 aliphatic carbocycles. The molecule has 0 atom stereocenters. The van der Waals surface area contributed by atoms with Crippen LogP contribution in [-0.2, 0) is 0 Å². The van der Waals surface area contributed by atoms with Crippen LogP contribution < -0.4 is 5.43 Å². The van der Waals surface area contributed by atoms with Crippen molar-refractivity contribution >= 4 is 38.9 Å². The highest BCUT2D eigenvalue weighted by atomic mass is 79.9. The van der Waals surface area contributed by atoms with Gasteiger partial charge in [-0.25, -0.2) is 5.43 Å². The van der Waals surface area contributed by atoms with Gasteiger partial charge in [0.15, 0.2) is 0 Å². The first-order valence-corrected chi connectivity index (χ1v) is 7.34. The number of amides is 1. The first-order valence-electron chi connectivity index (χ1n) is 5.73. The largest absolute Gasteiger partial charge is 0.271 e. The second kappa shape index (κ2) is 6.12. The van der Waals surface area contributed by atoms with Gasteiger partial charge in [0.2, 0.25) is 0 Å². The lowest BCUT2D eigenvalue weighted by atomic mass is 10.1. The van der Waals surface area contributed by atoms with E-state index in [2.05, 4.69) is 26.5 Å². The van der Waals surface area contributed by atoms with Crippen LogP contribution in [0.5, 0.6) is 0 Å². The van der Waals surface area contributed by atoms with Crippen LogP contribution in [0, 0.1) is 6.92 Å². The highest BCUT2D eigenvalue weighted by Gasteiger charge is 2.05. The highest BCUT2D eigenvalue weighted by molar-refractivity contribution is 9.11. The molecule has 3 nitrogen and oxygen atoms in total. The number of benzene rings is 1. The van der Waals surface area contributed by atoms with E-state index in [4.69, 9.17) is 0 Å². The van der Waals surface area contributed by atoms with E-state index in [1.165, 1.54) is 0 Å². The third-order valence-electron chi connectivity index (χ3n) is 2.57. The standard InChI is InChI=1S/C14H13BrN2OS/c1-9-3-5-11(6-4-9)14(18)17-16-10(2)12-7-8-13(15)19-12/h3-8H,1-2H3,(H,17,18).